The highest BCUT2D eigenvalue weighted by atomic mass is 19.4. The number of hydrogen-bond acceptors (Lipinski definition) is 5. The van der Waals surface area contributed by atoms with Crippen LogP contribution in [0.15, 0.2) is 54.6 Å². The molecule has 1 amide bonds. The van der Waals surface area contributed by atoms with Gasteiger partial charge in [-0.25, -0.2) is 0 Å². The van der Waals surface area contributed by atoms with Gasteiger partial charge in [0, 0.05) is 31.7 Å². The van der Waals surface area contributed by atoms with Gasteiger partial charge in [-0.3, -0.25) is 4.79 Å². The van der Waals surface area contributed by atoms with E-state index in [2.05, 4.69) is 4.98 Å². The van der Waals surface area contributed by atoms with Gasteiger partial charge in [0.15, 0.2) is 0 Å². The zero-order valence-electron chi connectivity index (χ0n) is 21.2. The number of amides is 1. The van der Waals surface area contributed by atoms with E-state index in [9.17, 15) is 31.1 Å². The Morgan fingerprint density at radius 2 is 1.48 bits per heavy atom. The number of carbonyl (C=O) groups is 1. The van der Waals surface area contributed by atoms with Crippen LogP contribution in [0.3, 0.4) is 0 Å². The molecule has 2 aromatic carbocycles. The van der Waals surface area contributed by atoms with Gasteiger partial charge in [-0.1, -0.05) is 30.3 Å². The SMILES string of the molecule is O=C1c2c(-c3ccccc3)cc(N3CCOCC3)nc2OCCCN1Cc1cc(C(F)(F)F)cc(C(F)(F)F)c1. The Balaban J connectivity index is 1.58. The Hall–Kier alpha value is -3.80. The molecule has 3 aromatic rings. The average Bonchev–Trinajstić information content (AvgIpc) is 2.93. The molecule has 2 aliphatic heterocycles. The largest absolute Gasteiger partial charge is 0.477 e. The molecule has 1 aromatic heterocycles. The van der Waals surface area contributed by atoms with E-state index in [4.69, 9.17) is 9.47 Å². The Bertz CT molecular complexity index is 1340. The Morgan fingerprint density at radius 3 is 2.10 bits per heavy atom. The summed E-state index contributed by atoms with van der Waals surface area (Å²) in [5, 5.41) is 0. The van der Waals surface area contributed by atoms with Crippen molar-refractivity contribution in [3.05, 3.63) is 76.9 Å². The van der Waals surface area contributed by atoms with Crippen LogP contribution < -0.4 is 9.64 Å². The van der Waals surface area contributed by atoms with E-state index in [1.165, 1.54) is 4.90 Å². The van der Waals surface area contributed by atoms with Gasteiger partial charge in [0.2, 0.25) is 5.88 Å². The first-order valence-corrected chi connectivity index (χ1v) is 12.6. The van der Waals surface area contributed by atoms with Crippen molar-refractivity contribution in [2.45, 2.75) is 25.3 Å². The van der Waals surface area contributed by atoms with Gasteiger partial charge in [-0.05, 0) is 41.8 Å². The van der Waals surface area contributed by atoms with Crippen LogP contribution in [0.1, 0.15) is 33.5 Å². The van der Waals surface area contributed by atoms with Crippen LogP contribution in [0.5, 0.6) is 5.88 Å². The molecule has 40 heavy (non-hydrogen) atoms. The van der Waals surface area contributed by atoms with Crippen molar-refractivity contribution in [2.75, 3.05) is 44.4 Å². The van der Waals surface area contributed by atoms with E-state index < -0.39 is 35.9 Å². The number of morpholine rings is 1. The maximum absolute atomic E-state index is 14.0. The minimum Gasteiger partial charge on any atom is -0.477 e. The first-order chi connectivity index (χ1) is 19.0. The molecule has 0 spiro atoms. The fourth-order valence-corrected chi connectivity index (χ4v) is 4.79. The van der Waals surface area contributed by atoms with Crippen LogP contribution in [-0.2, 0) is 23.6 Å². The number of alkyl halides is 6. The van der Waals surface area contributed by atoms with Gasteiger partial charge in [0.05, 0.1) is 30.9 Å². The van der Waals surface area contributed by atoms with Crippen LogP contribution in [0.25, 0.3) is 11.1 Å². The number of fused-ring (bicyclic) bond motifs is 1. The summed E-state index contributed by atoms with van der Waals surface area (Å²) in [4.78, 5) is 21.8. The molecule has 12 heteroatoms. The van der Waals surface area contributed by atoms with Crippen LogP contribution in [0.2, 0.25) is 0 Å². The molecule has 0 aliphatic carbocycles. The minimum atomic E-state index is -4.99. The summed E-state index contributed by atoms with van der Waals surface area (Å²) in [5.41, 5.74) is -1.84. The molecule has 1 fully saturated rings. The summed E-state index contributed by atoms with van der Waals surface area (Å²) in [7, 11) is 0. The first-order valence-electron chi connectivity index (χ1n) is 12.6. The molecule has 1 saturated heterocycles. The van der Waals surface area contributed by atoms with Crippen molar-refractivity contribution in [1.29, 1.82) is 0 Å². The smallest absolute Gasteiger partial charge is 0.416 e. The van der Waals surface area contributed by atoms with E-state index in [1.807, 2.05) is 11.0 Å². The molecular weight excluding hydrogens is 540 g/mol. The lowest BCUT2D eigenvalue weighted by Crippen LogP contribution is -2.38. The van der Waals surface area contributed by atoms with E-state index in [0.29, 0.717) is 61.8 Å². The second-order valence-electron chi connectivity index (χ2n) is 9.52. The fraction of sp³-hybridized carbons (Fsp3) is 0.357. The quantitative estimate of drug-likeness (QED) is 0.361. The molecule has 5 rings (SSSR count). The highest BCUT2D eigenvalue weighted by Gasteiger charge is 2.37. The van der Waals surface area contributed by atoms with Crippen molar-refractivity contribution in [3.8, 4) is 17.0 Å². The number of halogens is 6. The molecule has 0 bridgehead atoms. The zero-order chi connectivity index (χ0) is 28.5. The maximum Gasteiger partial charge on any atom is 0.416 e. The Morgan fingerprint density at radius 1 is 0.825 bits per heavy atom. The van der Waals surface area contributed by atoms with Gasteiger partial charge in [-0.15, -0.1) is 0 Å². The minimum absolute atomic E-state index is 0.0648. The predicted octanol–water partition coefficient (Wildman–Crippen LogP) is 6.05. The molecular formula is C28H25F6N3O3. The summed E-state index contributed by atoms with van der Waals surface area (Å²) >= 11 is 0. The van der Waals surface area contributed by atoms with Crippen LogP contribution in [0.4, 0.5) is 32.2 Å². The van der Waals surface area contributed by atoms with Crippen LogP contribution >= 0.6 is 0 Å². The number of aromatic nitrogens is 1. The van der Waals surface area contributed by atoms with Crippen LogP contribution in [-0.4, -0.2) is 55.2 Å². The van der Waals surface area contributed by atoms with E-state index in [1.54, 1.807) is 30.3 Å². The number of hydrogen-bond donors (Lipinski definition) is 0. The molecule has 0 unspecified atom stereocenters. The van der Waals surface area contributed by atoms with E-state index >= 15 is 0 Å². The number of carbonyl (C=O) groups excluding carboxylic acids is 1. The lowest BCUT2D eigenvalue weighted by molar-refractivity contribution is -0.143. The summed E-state index contributed by atoms with van der Waals surface area (Å²) < 4.78 is 92.1. The second kappa shape index (κ2) is 11.0. The van der Waals surface area contributed by atoms with Gasteiger partial charge >= 0.3 is 12.4 Å². The average molecular weight is 566 g/mol. The van der Waals surface area contributed by atoms with E-state index in [-0.39, 0.29) is 36.2 Å². The van der Waals surface area contributed by atoms with Crippen molar-refractivity contribution >= 4 is 11.7 Å². The van der Waals surface area contributed by atoms with Crippen molar-refractivity contribution < 1.29 is 40.6 Å². The number of nitrogens with zero attached hydrogens (tertiary/aromatic N) is 3. The highest BCUT2D eigenvalue weighted by Crippen LogP contribution is 2.38. The topological polar surface area (TPSA) is 54.9 Å². The summed E-state index contributed by atoms with van der Waals surface area (Å²) in [6, 6.07) is 12.1. The predicted molar refractivity (Wildman–Crippen MR) is 134 cm³/mol. The summed E-state index contributed by atoms with van der Waals surface area (Å²) in [5.74, 6) is 0.0478. The number of rotatable bonds is 4. The summed E-state index contributed by atoms with van der Waals surface area (Å²) in [6.45, 7) is 1.93. The summed E-state index contributed by atoms with van der Waals surface area (Å²) in [6.07, 6.45) is -9.67. The lowest BCUT2D eigenvalue weighted by Gasteiger charge is -2.31. The standard InChI is InChI=1S/C28H25F6N3O3/c29-27(30,31)20-13-18(14-21(15-20)28(32,33)34)17-37-7-4-10-40-25-24(26(37)38)22(19-5-2-1-3-6-19)16-23(35-25)36-8-11-39-12-9-36/h1-3,5-6,13-16H,4,7-12,17H2. The molecule has 2 aliphatic rings. The van der Waals surface area contributed by atoms with E-state index in [0.717, 1.165) is 0 Å². The maximum atomic E-state index is 14.0. The Labute approximate surface area is 226 Å². The zero-order valence-corrected chi connectivity index (χ0v) is 21.2. The molecule has 6 nitrogen and oxygen atoms in total. The molecule has 0 atom stereocenters. The van der Waals surface area contributed by atoms with Crippen LogP contribution in [0, 0.1) is 0 Å². The Kier molecular flexibility index (Phi) is 7.63. The number of ether oxygens (including phenoxy) is 2. The molecule has 0 saturated carbocycles. The van der Waals surface area contributed by atoms with Crippen molar-refractivity contribution in [3.63, 3.8) is 0 Å². The number of anilines is 1. The number of benzene rings is 2. The first kappa shape index (κ1) is 27.8. The normalized spacial score (nSPS) is 16.7. The van der Waals surface area contributed by atoms with Crippen molar-refractivity contribution in [2.24, 2.45) is 0 Å². The molecule has 0 N–H and O–H groups in total. The molecule has 0 radical (unpaired) electrons. The fourth-order valence-electron chi connectivity index (χ4n) is 4.79. The van der Waals surface area contributed by atoms with Crippen molar-refractivity contribution in [1.82, 2.24) is 9.88 Å². The third kappa shape index (κ3) is 6.01. The third-order valence-electron chi connectivity index (χ3n) is 6.73. The van der Waals surface area contributed by atoms with Gasteiger partial charge in [-0.2, -0.15) is 31.3 Å². The van der Waals surface area contributed by atoms with Gasteiger partial charge in [0.1, 0.15) is 11.4 Å². The molecule has 212 valence electrons. The second-order valence-corrected chi connectivity index (χ2v) is 9.52. The van der Waals surface area contributed by atoms with Gasteiger partial charge in [0.25, 0.3) is 5.91 Å². The lowest BCUT2D eigenvalue weighted by atomic mass is 9.98. The van der Waals surface area contributed by atoms with Gasteiger partial charge < -0.3 is 19.3 Å². The third-order valence-corrected chi connectivity index (χ3v) is 6.73. The monoisotopic (exact) mass is 565 g/mol. The molecule has 3 heterocycles. The number of pyridine rings is 1. The highest BCUT2D eigenvalue weighted by molar-refractivity contribution is 6.03.